The zero-order chi connectivity index (χ0) is 14.7. The van der Waals surface area contributed by atoms with E-state index in [1.54, 1.807) is 17.1 Å². The maximum atomic E-state index is 9.98. The average molecular weight is 280 g/mol. The van der Waals surface area contributed by atoms with Crippen molar-refractivity contribution in [3.05, 3.63) is 66.1 Å². The number of pyridine rings is 1. The number of hydrogen-bond donors (Lipinski definition) is 2. The van der Waals surface area contributed by atoms with Gasteiger partial charge in [-0.2, -0.15) is 5.10 Å². The molecule has 0 aliphatic heterocycles. The maximum absolute atomic E-state index is 9.98. The molecule has 0 spiro atoms. The standard InChI is InChI=1S/C16H16N4O/c1-12-4-2-5-13(16(12)21)10-17-14-6-7-15(18-11-14)20-9-3-8-19-20/h2-9,11,17,21H,10H2,1H3. The molecular weight excluding hydrogens is 264 g/mol. The Kier molecular flexibility index (Phi) is 3.55. The van der Waals surface area contributed by atoms with Gasteiger partial charge in [0.05, 0.1) is 11.9 Å². The molecule has 21 heavy (non-hydrogen) atoms. The Morgan fingerprint density at radius 1 is 1.19 bits per heavy atom. The number of anilines is 1. The Balaban J connectivity index is 1.70. The van der Waals surface area contributed by atoms with Crippen LogP contribution in [0.2, 0.25) is 0 Å². The molecule has 0 fully saturated rings. The normalized spacial score (nSPS) is 10.5. The summed E-state index contributed by atoms with van der Waals surface area (Å²) in [6.07, 6.45) is 5.32. The van der Waals surface area contributed by atoms with Crippen molar-refractivity contribution in [2.45, 2.75) is 13.5 Å². The second kappa shape index (κ2) is 5.66. The highest BCUT2D eigenvalue weighted by Crippen LogP contribution is 2.22. The van der Waals surface area contributed by atoms with Gasteiger partial charge in [-0.05, 0) is 30.7 Å². The number of phenols is 1. The fourth-order valence-electron chi connectivity index (χ4n) is 2.09. The van der Waals surface area contributed by atoms with E-state index in [4.69, 9.17) is 0 Å². The molecule has 0 aliphatic carbocycles. The number of aryl methyl sites for hydroxylation is 1. The summed E-state index contributed by atoms with van der Waals surface area (Å²) in [5.41, 5.74) is 2.64. The van der Waals surface area contributed by atoms with Crippen molar-refractivity contribution < 1.29 is 5.11 Å². The third kappa shape index (κ3) is 2.86. The van der Waals surface area contributed by atoms with Crippen LogP contribution in [0.5, 0.6) is 5.75 Å². The van der Waals surface area contributed by atoms with Crippen molar-refractivity contribution >= 4 is 5.69 Å². The van der Waals surface area contributed by atoms with Crippen LogP contribution in [0.25, 0.3) is 5.82 Å². The molecule has 0 saturated heterocycles. The highest BCUT2D eigenvalue weighted by Gasteiger charge is 2.04. The van der Waals surface area contributed by atoms with Gasteiger partial charge in [0.15, 0.2) is 5.82 Å². The van der Waals surface area contributed by atoms with Gasteiger partial charge >= 0.3 is 0 Å². The summed E-state index contributed by atoms with van der Waals surface area (Å²) in [6, 6.07) is 11.4. The number of nitrogens with one attached hydrogen (secondary N) is 1. The molecule has 5 heteroatoms. The number of phenolic OH excluding ortho intramolecular Hbond substituents is 1. The first-order chi connectivity index (χ1) is 10.2. The fraction of sp³-hybridized carbons (Fsp3) is 0.125. The molecule has 0 radical (unpaired) electrons. The van der Waals surface area contributed by atoms with E-state index in [0.717, 1.165) is 22.6 Å². The van der Waals surface area contributed by atoms with Crippen LogP contribution < -0.4 is 5.32 Å². The minimum Gasteiger partial charge on any atom is -0.507 e. The Labute approximate surface area is 122 Å². The average Bonchev–Trinajstić information content (AvgIpc) is 3.04. The topological polar surface area (TPSA) is 63.0 Å². The van der Waals surface area contributed by atoms with Crippen LogP contribution in [-0.2, 0) is 6.54 Å². The molecule has 2 N–H and O–H groups in total. The molecule has 0 atom stereocenters. The molecule has 3 aromatic rings. The largest absolute Gasteiger partial charge is 0.507 e. The lowest BCUT2D eigenvalue weighted by molar-refractivity contribution is 0.465. The molecule has 106 valence electrons. The van der Waals surface area contributed by atoms with Gasteiger partial charge in [0, 0.05) is 24.5 Å². The first kappa shape index (κ1) is 13.2. The molecule has 0 saturated carbocycles. The van der Waals surface area contributed by atoms with E-state index in [2.05, 4.69) is 15.4 Å². The zero-order valence-electron chi connectivity index (χ0n) is 11.7. The highest BCUT2D eigenvalue weighted by molar-refractivity contribution is 5.46. The Morgan fingerprint density at radius 2 is 2.10 bits per heavy atom. The molecule has 0 amide bonds. The second-order valence-electron chi connectivity index (χ2n) is 4.79. The molecule has 5 nitrogen and oxygen atoms in total. The second-order valence-corrected chi connectivity index (χ2v) is 4.79. The Morgan fingerprint density at radius 3 is 2.81 bits per heavy atom. The first-order valence-corrected chi connectivity index (χ1v) is 6.71. The number of hydrogen-bond acceptors (Lipinski definition) is 4. The zero-order valence-corrected chi connectivity index (χ0v) is 11.7. The monoisotopic (exact) mass is 280 g/mol. The van der Waals surface area contributed by atoms with E-state index in [-0.39, 0.29) is 0 Å². The van der Waals surface area contributed by atoms with Gasteiger partial charge < -0.3 is 10.4 Å². The van der Waals surface area contributed by atoms with Gasteiger partial charge in [-0.15, -0.1) is 0 Å². The van der Waals surface area contributed by atoms with Gasteiger partial charge in [0.25, 0.3) is 0 Å². The minimum absolute atomic E-state index is 0.339. The summed E-state index contributed by atoms with van der Waals surface area (Å²) in [5, 5.41) is 17.4. The molecule has 2 heterocycles. The summed E-state index contributed by atoms with van der Waals surface area (Å²) in [6.45, 7) is 2.44. The van der Waals surface area contributed by atoms with Gasteiger partial charge in [0.2, 0.25) is 0 Å². The summed E-state index contributed by atoms with van der Waals surface area (Å²) in [7, 11) is 0. The molecule has 2 aromatic heterocycles. The number of benzene rings is 1. The summed E-state index contributed by atoms with van der Waals surface area (Å²) >= 11 is 0. The van der Waals surface area contributed by atoms with Crippen molar-refractivity contribution in [3.63, 3.8) is 0 Å². The lowest BCUT2D eigenvalue weighted by Gasteiger charge is -2.10. The molecular formula is C16H16N4O. The highest BCUT2D eigenvalue weighted by atomic mass is 16.3. The lowest BCUT2D eigenvalue weighted by Crippen LogP contribution is -2.02. The first-order valence-electron chi connectivity index (χ1n) is 6.71. The van der Waals surface area contributed by atoms with E-state index < -0.39 is 0 Å². The van der Waals surface area contributed by atoms with Crippen molar-refractivity contribution in [2.24, 2.45) is 0 Å². The molecule has 0 aliphatic rings. The summed E-state index contributed by atoms with van der Waals surface area (Å²) in [5.74, 6) is 1.11. The third-order valence-electron chi connectivity index (χ3n) is 3.29. The van der Waals surface area contributed by atoms with Crippen molar-refractivity contribution in [1.29, 1.82) is 0 Å². The van der Waals surface area contributed by atoms with Crippen molar-refractivity contribution in [1.82, 2.24) is 14.8 Å². The smallest absolute Gasteiger partial charge is 0.153 e. The number of para-hydroxylation sites is 1. The number of nitrogens with zero attached hydrogens (tertiary/aromatic N) is 3. The van der Waals surface area contributed by atoms with Crippen LogP contribution in [0.1, 0.15) is 11.1 Å². The van der Waals surface area contributed by atoms with Crippen LogP contribution in [-0.4, -0.2) is 19.9 Å². The fourth-order valence-corrected chi connectivity index (χ4v) is 2.09. The number of rotatable bonds is 4. The SMILES string of the molecule is Cc1cccc(CNc2ccc(-n3cccn3)nc2)c1O. The summed E-state index contributed by atoms with van der Waals surface area (Å²) < 4.78 is 1.70. The van der Waals surface area contributed by atoms with Crippen molar-refractivity contribution in [2.75, 3.05) is 5.32 Å². The summed E-state index contributed by atoms with van der Waals surface area (Å²) in [4.78, 5) is 4.35. The van der Waals surface area contributed by atoms with Crippen molar-refractivity contribution in [3.8, 4) is 11.6 Å². The van der Waals surface area contributed by atoms with Gasteiger partial charge in [0.1, 0.15) is 5.75 Å². The van der Waals surface area contributed by atoms with Gasteiger partial charge in [-0.1, -0.05) is 18.2 Å². The predicted molar refractivity (Wildman–Crippen MR) is 81.5 cm³/mol. The molecule has 3 rings (SSSR count). The van der Waals surface area contributed by atoms with Crippen LogP contribution >= 0.6 is 0 Å². The van der Waals surface area contributed by atoms with Crippen LogP contribution in [0.15, 0.2) is 55.0 Å². The number of aromatic hydroxyl groups is 1. The Bertz CT molecular complexity index is 721. The third-order valence-corrected chi connectivity index (χ3v) is 3.29. The number of aromatic nitrogens is 3. The predicted octanol–water partition coefficient (Wildman–Crippen LogP) is 2.89. The van der Waals surface area contributed by atoms with Gasteiger partial charge in [-0.25, -0.2) is 9.67 Å². The Hall–Kier alpha value is -2.82. The van der Waals surface area contributed by atoms with Crippen LogP contribution in [0.3, 0.4) is 0 Å². The molecule has 1 aromatic carbocycles. The van der Waals surface area contributed by atoms with E-state index >= 15 is 0 Å². The van der Waals surface area contributed by atoms with Crippen LogP contribution in [0, 0.1) is 6.92 Å². The van der Waals surface area contributed by atoms with E-state index in [9.17, 15) is 5.11 Å². The van der Waals surface area contributed by atoms with E-state index in [1.165, 1.54) is 0 Å². The minimum atomic E-state index is 0.339. The maximum Gasteiger partial charge on any atom is 0.153 e. The molecule has 0 unspecified atom stereocenters. The van der Waals surface area contributed by atoms with Crippen LogP contribution in [0.4, 0.5) is 5.69 Å². The lowest BCUT2D eigenvalue weighted by atomic mass is 10.1. The van der Waals surface area contributed by atoms with E-state index in [1.807, 2.05) is 49.5 Å². The van der Waals surface area contributed by atoms with E-state index in [0.29, 0.717) is 12.3 Å². The molecule has 0 bridgehead atoms. The quantitative estimate of drug-likeness (QED) is 0.771. The van der Waals surface area contributed by atoms with Gasteiger partial charge in [-0.3, -0.25) is 0 Å².